The molecule has 0 bridgehead atoms. The Bertz CT molecular complexity index is 1450. The van der Waals surface area contributed by atoms with Gasteiger partial charge in [-0.25, -0.2) is 15.0 Å². The van der Waals surface area contributed by atoms with Crippen LogP contribution in [-0.4, -0.2) is 42.0 Å². The highest BCUT2D eigenvalue weighted by Gasteiger charge is 2.31. The van der Waals surface area contributed by atoms with Crippen LogP contribution in [0.4, 0.5) is 11.5 Å². The molecule has 1 aliphatic rings. The summed E-state index contributed by atoms with van der Waals surface area (Å²) >= 11 is 1.60. The predicted octanol–water partition coefficient (Wildman–Crippen LogP) is 4.29. The number of hydrogen-bond acceptors (Lipinski definition) is 8. The van der Waals surface area contributed by atoms with E-state index in [1.165, 1.54) is 0 Å². The van der Waals surface area contributed by atoms with Crippen molar-refractivity contribution >= 4 is 44.0 Å². The largest absolute Gasteiger partial charge is 0.487 e. The van der Waals surface area contributed by atoms with Gasteiger partial charge in [-0.3, -0.25) is 4.68 Å². The van der Waals surface area contributed by atoms with Crippen LogP contribution < -0.4 is 10.1 Å². The molecule has 2 N–H and O–H groups in total. The van der Waals surface area contributed by atoms with Crippen LogP contribution in [0.25, 0.3) is 32.2 Å². The predicted molar refractivity (Wildman–Crippen MR) is 124 cm³/mol. The molecule has 6 rings (SSSR count). The third-order valence-electron chi connectivity index (χ3n) is 5.79. The molecule has 1 fully saturated rings. The van der Waals surface area contributed by atoms with Gasteiger partial charge in [-0.15, -0.1) is 11.3 Å². The first-order valence-corrected chi connectivity index (χ1v) is 11.2. The van der Waals surface area contributed by atoms with E-state index in [0.717, 1.165) is 50.8 Å². The Kier molecular flexibility index (Phi) is 4.51. The SMILES string of the molecule is Cn1cc(-c2cc(O[C@H]3CC[C@H]3O)c3c(Nc4ccc5ncsc5c4)ncnc3c2)cn1. The first-order chi connectivity index (χ1) is 15.6. The van der Waals surface area contributed by atoms with Crippen molar-refractivity contribution in [3.8, 4) is 16.9 Å². The van der Waals surface area contributed by atoms with Gasteiger partial charge in [0.1, 0.15) is 24.0 Å². The van der Waals surface area contributed by atoms with E-state index in [2.05, 4.69) is 31.4 Å². The van der Waals surface area contributed by atoms with Crippen molar-refractivity contribution in [3.05, 3.63) is 54.6 Å². The number of nitrogens with zero attached hydrogens (tertiary/aromatic N) is 5. The van der Waals surface area contributed by atoms with Crippen LogP contribution in [0.1, 0.15) is 12.8 Å². The van der Waals surface area contributed by atoms with Crippen molar-refractivity contribution in [1.29, 1.82) is 0 Å². The first kappa shape index (κ1) is 19.1. The summed E-state index contributed by atoms with van der Waals surface area (Å²) in [4.78, 5) is 13.4. The van der Waals surface area contributed by atoms with E-state index in [9.17, 15) is 5.11 Å². The number of nitrogens with one attached hydrogen (secondary N) is 1. The minimum absolute atomic E-state index is 0.232. The summed E-state index contributed by atoms with van der Waals surface area (Å²) in [6.45, 7) is 0. The number of benzene rings is 2. The molecule has 160 valence electrons. The zero-order valence-corrected chi connectivity index (χ0v) is 18.1. The Balaban J connectivity index is 1.47. The monoisotopic (exact) mass is 444 g/mol. The maximum atomic E-state index is 10.1. The number of fused-ring (bicyclic) bond motifs is 2. The van der Waals surface area contributed by atoms with Gasteiger partial charge in [0.25, 0.3) is 0 Å². The molecule has 0 amide bonds. The summed E-state index contributed by atoms with van der Waals surface area (Å²) < 4.78 is 9.14. The van der Waals surface area contributed by atoms with Crippen LogP contribution in [0.15, 0.2) is 54.6 Å². The average molecular weight is 445 g/mol. The van der Waals surface area contributed by atoms with Crippen LogP contribution in [0.2, 0.25) is 0 Å². The number of aryl methyl sites for hydroxylation is 1. The maximum absolute atomic E-state index is 10.1. The summed E-state index contributed by atoms with van der Waals surface area (Å²) in [6.07, 6.45) is 6.19. The minimum Gasteiger partial charge on any atom is -0.487 e. The number of aliphatic hydroxyl groups excluding tert-OH is 1. The topological polar surface area (TPSA) is 98.0 Å². The van der Waals surface area contributed by atoms with Gasteiger partial charge >= 0.3 is 0 Å². The molecule has 32 heavy (non-hydrogen) atoms. The third kappa shape index (κ3) is 3.35. The number of ether oxygens (including phenoxy) is 1. The number of thiazole rings is 1. The van der Waals surface area contributed by atoms with Gasteiger partial charge in [-0.1, -0.05) is 0 Å². The lowest BCUT2D eigenvalue weighted by molar-refractivity contribution is -0.0354. The molecule has 0 saturated heterocycles. The molecular weight excluding hydrogens is 424 g/mol. The van der Waals surface area contributed by atoms with Gasteiger partial charge in [0.15, 0.2) is 0 Å². The van der Waals surface area contributed by atoms with Crippen molar-refractivity contribution in [2.24, 2.45) is 7.05 Å². The van der Waals surface area contributed by atoms with E-state index in [4.69, 9.17) is 4.74 Å². The maximum Gasteiger partial charge on any atom is 0.145 e. The second-order valence-corrected chi connectivity index (χ2v) is 8.84. The van der Waals surface area contributed by atoms with Crippen LogP contribution in [-0.2, 0) is 7.05 Å². The zero-order valence-electron chi connectivity index (χ0n) is 17.3. The summed E-state index contributed by atoms with van der Waals surface area (Å²) in [5.74, 6) is 1.30. The summed E-state index contributed by atoms with van der Waals surface area (Å²) in [6, 6.07) is 10.0. The van der Waals surface area contributed by atoms with Crippen molar-refractivity contribution in [1.82, 2.24) is 24.7 Å². The van der Waals surface area contributed by atoms with Crippen molar-refractivity contribution in [2.75, 3.05) is 5.32 Å². The van der Waals surface area contributed by atoms with Crippen LogP contribution in [0.3, 0.4) is 0 Å². The van der Waals surface area contributed by atoms with Gasteiger partial charge in [0.2, 0.25) is 0 Å². The Morgan fingerprint density at radius 3 is 2.81 bits per heavy atom. The molecule has 8 nitrogen and oxygen atoms in total. The van der Waals surface area contributed by atoms with E-state index in [1.54, 1.807) is 22.3 Å². The number of anilines is 2. The number of aromatic nitrogens is 5. The number of rotatable bonds is 5. The van der Waals surface area contributed by atoms with E-state index in [-0.39, 0.29) is 6.10 Å². The van der Waals surface area contributed by atoms with Crippen LogP contribution >= 0.6 is 11.3 Å². The van der Waals surface area contributed by atoms with Crippen molar-refractivity contribution in [3.63, 3.8) is 0 Å². The van der Waals surface area contributed by atoms with Gasteiger partial charge in [0, 0.05) is 24.5 Å². The smallest absolute Gasteiger partial charge is 0.145 e. The Hall–Kier alpha value is -3.56. The molecule has 1 saturated carbocycles. The molecule has 3 aromatic heterocycles. The fraction of sp³-hybridized carbons (Fsp3) is 0.217. The Morgan fingerprint density at radius 2 is 2.03 bits per heavy atom. The fourth-order valence-corrected chi connectivity index (χ4v) is 4.62. The van der Waals surface area contributed by atoms with E-state index >= 15 is 0 Å². The second-order valence-electron chi connectivity index (χ2n) is 7.95. The molecule has 3 heterocycles. The highest BCUT2D eigenvalue weighted by Crippen LogP contribution is 2.38. The summed E-state index contributed by atoms with van der Waals surface area (Å²) in [7, 11) is 1.89. The molecule has 9 heteroatoms. The average Bonchev–Trinajstić information content (AvgIpc) is 3.44. The van der Waals surface area contributed by atoms with Gasteiger partial charge in [-0.05, 0) is 48.7 Å². The molecule has 0 spiro atoms. The van der Waals surface area contributed by atoms with Gasteiger partial charge in [0.05, 0.1) is 38.9 Å². The van der Waals surface area contributed by atoms with Crippen LogP contribution in [0, 0.1) is 0 Å². The standard InChI is InChI=1S/C23H20N6O2S/c1-29-10-14(9-27-29)13-6-17-22(20(7-13)31-19-5-4-18(19)30)23(25-11-24-17)28-15-2-3-16-21(8-15)32-12-26-16/h2-3,6-12,18-19,30H,4-5H2,1H3,(H,24,25,28)/t18-,19+/m1/s1. The van der Waals surface area contributed by atoms with Crippen molar-refractivity contribution in [2.45, 2.75) is 25.0 Å². The molecule has 0 radical (unpaired) electrons. The van der Waals surface area contributed by atoms with E-state index in [0.29, 0.717) is 11.6 Å². The third-order valence-corrected chi connectivity index (χ3v) is 6.58. The molecule has 2 aromatic carbocycles. The van der Waals surface area contributed by atoms with Crippen LogP contribution in [0.5, 0.6) is 5.75 Å². The van der Waals surface area contributed by atoms with E-state index in [1.807, 2.05) is 49.2 Å². The lowest BCUT2D eigenvalue weighted by Crippen LogP contribution is -2.41. The molecule has 5 aromatic rings. The molecule has 1 aliphatic carbocycles. The molecule has 2 atom stereocenters. The first-order valence-electron chi connectivity index (χ1n) is 10.4. The lowest BCUT2D eigenvalue weighted by atomic mass is 9.92. The summed E-state index contributed by atoms with van der Waals surface area (Å²) in [5, 5.41) is 18.6. The highest BCUT2D eigenvalue weighted by atomic mass is 32.1. The zero-order chi connectivity index (χ0) is 21.7. The number of hydrogen-bond donors (Lipinski definition) is 2. The molecule has 0 aliphatic heterocycles. The summed E-state index contributed by atoms with van der Waals surface area (Å²) in [5.41, 5.74) is 6.39. The lowest BCUT2D eigenvalue weighted by Gasteiger charge is -2.33. The number of aliphatic hydroxyl groups is 1. The molecular formula is C23H20N6O2S. The Labute approximate surface area is 187 Å². The fourth-order valence-electron chi connectivity index (χ4n) is 3.90. The quantitative estimate of drug-likeness (QED) is 0.417. The van der Waals surface area contributed by atoms with E-state index < -0.39 is 6.10 Å². The van der Waals surface area contributed by atoms with Crippen molar-refractivity contribution < 1.29 is 9.84 Å². The second kappa shape index (κ2) is 7.54. The van der Waals surface area contributed by atoms with Gasteiger partial charge < -0.3 is 15.2 Å². The minimum atomic E-state index is -0.457. The normalized spacial score (nSPS) is 18.1. The Morgan fingerprint density at radius 1 is 1.09 bits per heavy atom. The molecule has 0 unspecified atom stereocenters. The van der Waals surface area contributed by atoms with Gasteiger partial charge in [-0.2, -0.15) is 5.10 Å². The highest BCUT2D eigenvalue weighted by molar-refractivity contribution is 7.16.